The van der Waals surface area contributed by atoms with Gasteiger partial charge in [-0.25, -0.2) is 0 Å². The van der Waals surface area contributed by atoms with Crippen molar-refractivity contribution in [1.29, 1.82) is 0 Å². The minimum Gasteiger partial charge on any atom is -0.480 e. The molecule has 0 spiro atoms. The van der Waals surface area contributed by atoms with Gasteiger partial charge in [-0.15, -0.1) is 0 Å². The van der Waals surface area contributed by atoms with Crippen molar-refractivity contribution in [3.63, 3.8) is 0 Å². The molecular formula is C18H35N7O6. The van der Waals surface area contributed by atoms with Gasteiger partial charge in [0.25, 0.3) is 0 Å². The summed E-state index contributed by atoms with van der Waals surface area (Å²) in [4.78, 5) is 51.7. The normalized spacial score (nSPS) is 14.6. The number of carboxylic acid groups (broad SMARTS) is 1. The second-order valence-electron chi connectivity index (χ2n) is 7.58. The van der Waals surface area contributed by atoms with Gasteiger partial charge in [-0.05, 0) is 32.1 Å². The van der Waals surface area contributed by atoms with Crippen molar-refractivity contribution in [1.82, 2.24) is 16.0 Å². The van der Waals surface area contributed by atoms with Crippen molar-refractivity contribution in [2.75, 3.05) is 13.1 Å². The quantitative estimate of drug-likeness (QED) is 0.0769. The third kappa shape index (κ3) is 12.4. The first kappa shape index (κ1) is 28.1. The van der Waals surface area contributed by atoms with Crippen LogP contribution in [0.15, 0.2) is 4.99 Å². The number of carboxylic acids is 1. The van der Waals surface area contributed by atoms with Crippen molar-refractivity contribution >= 4 is 29.7 Å². The highest BCUT2D eigenvalue weighted by molar-refractivity contribution is 5.94. The van der Waals surface area contributed by atoms with Gasteiger partial charge in [0.1, 0.15) is 18.6 Å². The molecule has 0 bridgehead atoms. The van der Waals surface area contributed by atoms with Crippen molar-refractivity contribution < 1.29 is 29.4 Å². The van der Waals surface area contributed by atoms with Crippen molar-refractivity contribution in [3.8, 4) is 0 Å². The number of aliphatic hydroxyl groups is 1. The van der Waals surface area contributed by atoms with Crippen LogP contribution in [0.25, 0.3) is 0 Å². The highest BCUT2D eigenvalue weighted by Crippen LogP contribution is 2.05. The number of carbonyl (C=O) groups excluding carboxylic acids is 3. The minimum absolute atomic E-state index is 0.0846. The molecule has 0 aliphatic carbocycles. The molecule has 0 fully saturated rings. The Kier molecular flexibility index (Phi) is 12.8. The fourth-order valence-electron chi connectivity index (χ4n) is 2.60. The molecule has 13 nitrogen and oxygen atoms in total. The number of rotatable bonds is 14. The number of amides is 3. The lowest BCUT2D eigenvalue weighted by atomic mass is 10.0. The Balaban J connectivity index is 5.23. The zero-order valence-electron chi connectivity index (χ0n) is 18.1. The minimum atomic E-state index is -1.36. The summed E-state index contributed by atoms with van der Waals surface area (Å²) in [5, 5.41) is 25.7. The predicted octanol–water partition coefficient (Wildman–Crippen LogP) is -3.04. The van der Waals surface area contributed by atoms with Crippen molar-refractivity contribution in [3.05, 3.63) is 0 Å². The Morgan fingerprint density at radius 1 is 1.00 bits per heavy atom. The van der Waals surface area contributed by atoms with Gasteiger partial charge in [0.15, 0.2) is 5.96 Å². The Hall–Kier alpha value is -2.93. The lowest BCUT2D eigenvalue weighted by Gasteiger charge is -2.26. The Bertz CT molecular complexity index is 649. The second kappa shape index (κ2) is 14.1. The average molecular weight is 446 g/mol. The van der Waals surface area contributed by atoms with Gasteiger partial charge in [-0.1, -0.05) is 13.8 Å². The van der Waals surface area contributed by atoms with E-state index in [1.165, 1.54) is 6.92 Å². The number of nitrogens with zero attached hydrogens (tertiary/aromatic N) is 1. The van der Waals surface area contributed by atoms with E-state index in [0.717, 1.165) is 0 Å². The van der Waals surface area contributed by atoms with Crippen LogP contribution < -0.4 is 33.2 Å². The van der Waals surface area contributed by atoms with Crippen LogP contribution in [0, 0.1) is 5.92 Å². The molecule has 31 heavy (non-hydrogen) atoms. The number of hydrogen-bond acceptors (Lipinski definition) is 7. The highest BCUT2D eigenvalue weighted by atomic mass is 16.4. The number of carbonyl (C=O) groups is 4. The molecule has 4 atom stereocenters. The summed E-state index contributed by atoms with van der Waals surface area (Å²) in [5.74, 6) is -3.43. The number of guanidine groups is 1. The second-order valence-corrected chi connectivity index (χ2v) is 7.58. The molecular weight excluding hydrogens is 410 g/mol. The van der Waals surface area contributed by atoms with E-state index in [0.29, 0.717) is 12.8 Å². The van der Waals surface area contributed by atoms with Gasteiger partial charge >= 0.3 is 5.97 Å². The summed E-state index contributed by atoms with van der Waals surface area (Å²) in [7, 11) is 0. The first-order chi connectivity index (χ1) is 14.3. The molecule has 0 heterocycles. The average Bonchev–Trinajstić information content (AvgIpc) is 2.64. The lowest BCUT2D eigenvalue weighted by molar-refractivity contribution is -0.139. The van der Waals surface area contributed by atoms with Gasteiger partial charge in [-0.3, -0.25) is 24.2 Å². The van der Waals surface area contributed by atoms with Crippen LogP contribution in [0.3, 0.4) is 0 Å². The zero-order valence-corrected chi connectivity index (χ0v) is 18.1. The van der Waals surface area contributed by atoms with Crippen LogP contribution >= 0.6 is 0 Å². The fourth-order valence-corrected chi connectivity index (χ4v) is 2.60. The molecule has 13 heteroatoms. The fraction of sp³-hybridized carbons (Fsp3) is 0.722. The van der Waals surface area contributed by atoms with Gasteiger partial charge < -0.3 is 43.4 Å². The van der Waals surface area contributed by atoms with E-state index in [1.54, 1.807) is 0 Å². The summed E-state index contributed by atoms with van der Waals surface area (Å²) >= 11 is 0. The lowest BCUT2D eigenvalue weighted by Crippen LogP contribution is -2.59. The molecule has 0 saturated carbocycles. The van der Waals surface area contributed by atoms with Crippen molar-refractivity contribution in [2.45, 2.75) is 64.3 Å². The maximum Gasteiger partial charge on any atom is 0.322 e. The number of aliphatic carboxylic acids is 1. The molecule has 3 amide bonds. The molecule has 0 rings (SSSR count). The van der Waals surface area contributed by atoms with Crippen molar-refractivity contribution in [2.24, 2.45) is 28.1 Å². The SMILES string of the molecule is CC(C)CC(N)C(=O)NC(C(=O)NC(CCCN=C(N)N)C(=O)NCC(=O)O)C(C)O. The summed E-state index contributed by atoms with van der Waals surface area (Å²) < 4.78 is 0. The van der Waals surface area contributed by atoms with Crippen LogP contribution in [0.1, 0.15) is 40.0 Å². The molecule has 0 aromatic carbocycles. The predicted molar refractivity (Wildman–Crippen MR) is 114 cm³/mol. The van der Waals surface area contributed by atoms with Gasteiger partial charge in [-0.2, -0.15) is 0 Å². The number of hydrogen-bond donors (Lipinski definition) is 8. The maximum atomic E-state index is 12.7. The van der Waals surface area contributed by atoms with E-state index in [1.807, 2.05) is 13.8 Å². The third-order valence-corrected chi connectivity index (χ3v) is 4.12. The van der Waals surface area contributed by atoms with Crippen LogP contribution in [-0.2, 0) is 19.2 Å². The molecule has 0 radical (unpaired) electrons. The monoisotopic (exact) mass is 445 g/mol. The summed E-state index contributed by atoms with van der Waals surface area (Å²) in [6, 6.07) is -3.37. The van der Waals surface area contributed by atoms with Crippen LogP contribution in [0.4, 0.5) is 0 Å². The van der Waals surface area contributed by atoms with E-state index >= 15 is 0 Å². The Morgan fingerprint density at radius 2 is 1.61 bits per heavy atom. The molecule has 0 aromatic rings. The summed E-state index contributed by atoms with van der Waals surface area (Å²) in [6.07, 6.45) is -0.514. The zero-order chi connectivity index (χ0) is 24.1. The molecule has 4 unspecified atom stereocenters. The number of nitrogens with two attached hydrogens (primary N) is 3. The van der Waals surface area contributed by atoms with Crippen LogP contribution in [-0.4, -0.2) is 77.2 Å². The van der Waals surface area contributed by atoms with Gasteiger partial charge in [0, 0.05) is 6.54 Å². The maximum absolute atomic E-state index is 12.7. The first-order valence-corrected chi connectivity index (χ1v) is 9.94. The number of aliphatic imine (C=N–C) groups is 1. The molecule has 0 saturated heterocycles. The van der Waals surface area contributed by atoms with Crippen LogP contribution in [0.5, 0.6) is 0 Å². The van der Waals surface area contributed by atoms with E-state index in [4.69, 9.17) is 22.3 Å². The number of nitrogens with one attached hydrogen (secondary N) is 3. The smallest absolute Gasteiger partial charge is 0.322 e. The third-order valence-electron chi connectivity index (χ3n) is 4.12. The standard InChI is InChI=1S/C18H35N7O6/c1-9(2)7-11(19)15(29)25-14(10(3)26)17(31)24-12(5-4-6-22-18(20)21)16(30)23-8-13(27)28/h9-12,14,26H,4-8,19H2,1-3H3,(H,23,30)(H,24,31)(H,25,29)(H,27,28)(H4,20,21,22). The van der Waals surface area contributed by atoms with E-state index in [2.05, 4.69) is 20.9 Å². The molecule has 0 aliphatic rings. The van der Waals surface area contributed by atoms with Gasteiger partial charge in [0.2, 0.25) is 17.7 Å². The van der Waals surface area contributed by atoms with E-state index in [-0.39, 0.29) is 24.8 Å². The Labute approximate surface area is 181 Å². The molecule has 178 valence electrons. The van der Waals surface area contributed by atoms with Crippen LogP contribution in [0.2, 0.25) is 0 Å². The first-order valence-electron chi connectivity index (χ1n) is 9.94. The Morgan fingerprint density at radius 3 is 2.10 bits per heavy atom. The molecule has 0 aromatic heterocycles. The van der Waals surface area contributed by atoms with E-state index in [9.17, 15) is 24.3 Å². The summed E-state index contributed by atoms with van der Waals surface area (Å²) in [6.45, 7) is 4.61. The molecule has 11 N–H and O–H groups in total. The van der Waals surface area contributed by atoms with E-state index < -0.39 is 54.5 Å². The summed E-state index contributed by atoms with van der Waals surface area (Å²) in [5.41, 5.74) is 16.3. The molecule has 0 aliphatic heterocycles. The largest absolute Gasteiger partial charge is 0.480 e. The topological polar surface area (TPSA) is 235 Å². The highest BCUT2D eigenvalue weighted by Gasteiger charge is 2.31. The van der Waals surface area contributed by atoms with Gasteiger partial charge in [0.05, 0.1) is 12.1 Å². The number of aliphatic hydroxyl groups excluding tert-OH is 1.